The van der Waals surface area contributed by atoms with Crippen LogP contribution in [-0.4, -0.2) is 41.5 Å². The molecule has 0 bridgehead atoms. The van der Waals surface area contributed by atoms with Crippen molar-refractivity contribution in [3.8, 4) is 0 Å². The number of carboxylic acid groups (broad SMARTS) is 1. The molecule has 0 fully saturated rings. The highest BCUT2D eigenvalue weighted by atomic mass is 16.4. The van der Waals surface area contributed by atoms with Crippen molar-refractivity contribution in [3.63, 3.8) is 0 Å². The number of urea groups is 1. The highest BCUT2D eigenvalue weighted by Crippen LogP contribution is 2.11. The summed E-state index contributed by atoms with van der Waals surface area (Å²) in [5, 5.41) is 13.1. The summed E-state index contributed by atoms with van der Waals surface area (Å²) in [6.45, 7) is 2.97. The topological polar surface area (TPSA) is 165 Å². The highest BCUT2D eigenvalue weighted by Gasteiger charge is 2.27. The van der Waals surface area contributed by atoms with Gasteiger partial charge in [0.05, 0.1) is 11.8 Å². The zero-order valence-electron chi connectivity index (χ0n) is 10.7. The van der Waals surface area contributed by atoms with Gasteiger partial charge in [0.2, 0.25) is 11.8 Å². The Labute approximate surface area is 109 Å². The molecule has 0 aromatic rings. The van der Waals surface area contributed by atoms with Crippen LogP contribution in [0.4, 0.5) is 4.79 Å². The Kier molecular flexibility index (Phi) is 5.77. The van der Waals surface area contributed by atoms with Crippen LogP contribution in [0.3, 0.4) is 0 Å². The first-order chi connectivity index (χ1) is 8.56. The third-order valence-electron chi connectivity index (χ3n) is 2.37. The molecule has 0 radical (unpaired) electrons. The first-order valence-corrected chi connectivity index (χ1v) is 5.41. The van der Waals surface area contributed by atoms with Crippen molar-refractivity contribution in [1.29, 1.82) is 0 Å². The third kappa shape index (κ3) is 6.24. The smallest absolute Gasteiger partial charge is 0.326 e. The number of hydrogen-bond acceptors (Lipinski definition) is 4. The SMILES string of the molecule is CC(C)(CNC(=O)N[C@@H](CC(N)=O)C(=O)O)C(N)=O. The lowest BCUT2D eigenvalue weighted by Crippen LogP contribution is -2.50. The van der Waals surface area contributed by atoms with Crippen molar-refractivity contribution in [1.82, 2.24) is 10.6 Å². The lowest BCUT2D eigenvalue weighted by molar-refractivity contribution is -0.140. The van der Waals surface area contributed by atoms with Crippen molar-refractivity contribution < 1.29 is 24.3 Å². The molecule has 0 aromatic heterocycles. The van der Waals surface area contributed by atoms with Crippen molar-refractivity contribution in [3.05, 3.63) is 0 Å². The van der Waals surface area contributed by atoms with Gasteiger partial charge in [-0.1, -0.05) is 0 Å². The zero-order chi connectivity index (χ0) is 15.2. The molecule has 0 aliphatic carbocycles. The number of amides is 4. The molecule has 108 valence electrons. The van der Waals surface area contributed by atoms with Crippen LogP contribution in [0.5, 0.6) is 0 Å². The molecule has 0 rings (SSSR count). The summed E-state index contributed by atoms with van der Waals surface area (Å²) < 4.78 is 0. The summed E-state index contributed by atoms with van der Waals surface area (Å²) in [5.41, 5.74) is 8.99. The van der Waals surface area contributed by atoms with E-state index in [4.69, 9.17) is 16.6 Å². The van der Waals surface area contributed by atoms with Gasteiger partial charge in [0.15, 0.2) is 0 Å². The predicted octanol–water partition coefficient (Wildman–Crippen LogP) is -1.87. The minimum absolute atomic E-state index is 0.0723. The molecule has 1 atom stereocenters. The van der Waals surface area contributed by atoms with Gasteiger partial charge in [-0.2, -0.15) is 0 Å². The molecule has 7 N–H and O–H groups in total. The molecular formula is C10H18N4O5. The van der Waals surface area contributed by atoms with E-state index in [0.717, 1.165) is 0 Å². The van der Waals surface area contributed by atoms with Crippen molar-refractivity contribution in [2.24, 2.45) is 16.9 Å². The van der Waals surface area contributed by atoms with E-state index in [1.165, 1.54) is 13.8 Å². The molecule has 0 aliphatic heterocycles. The van der Waals surface area contributed by atoms with Crippen LogP contribution < -0.4 is 22.1 Å². The lowest BCUT2D eigenvalue weighted by Gasteiger charge is -2.21. The molecule has 9 heteroatoms. The van der Waals surface area contributed by atoms with Gasteiger partial charge in [-0.05, 0) is 13.8 Å². The Morgan fingerprint density at radius 1 is 1.21 bits per heavy atom. The van der Waals surface area contributed by atoms with E-state index in [1.807, 2.05) is 0 Å². The van der Waals surface area contributed by atoms with Crippen molar-refractivity contribution in [2.75, 3.05) is 6.54 Å². The second-order valence-corrected chi connectivity index (χ2v) is 4.64. The van der Waals surface area contributed by atoms with Gasteiger partial charge in [-0.15, -0.1) is 0 Å². The number of carboxylic acids is 1. The first-order valence-electron chi connectivity index (χ1n) is 5.41. The third-order valence-corrected chi connectivity index (χ3v) is 2.37. The number of aliphatic carboxylic acids is 1. The number of nitrogens with one attached hydrogen (secondary N) is 2. The van der Waals surface area contributed by atoms with E-state index in [0.29, 0.717) is 0 Å². The molecular weight excluding hydrogens is 256 g/mol. The minimum atomic E-state index is -1.42. The van der Waals surface area contributed by atoms with Gasteiger partial charge < -0.3 is 27.2 Å². The van der Waals surface area contributed by atoms with Gasteiger partial charge in [-0.25, -0.2) is 9.59 Å². The Morgan fingerprint density at radius 3 is 2.11 bits per heavy atom. The molecule has 0 unspecified atom stereocenters. The normalized spacial score (nSPS) is 12.3. The fourth-order valence-electron chi connectivity index (χ4n) is 0.999. The van der Waals surface area contributed by atoms with Crippen LogP contribution in [0.15, 0.2) is 0 Å². The van der Waals surface area contributed by atoms with Crippen LogP contribution in [0, 0.1) is 5.41 Å². The molecule has 0 spiro atoms. The number of hydrogen-bond donors (Lipinski definition) is 5. The number of rotatable bonds is 7. The minimum Gasteiger partial charge on any atom is -0.480 e. The average molecular weight is 274 g/mol. The van der Waals surface area contributed by atoms with Crippen LogP contribution in [0.2, 0.25) is 0 Å². The van der Waals surface area contributed by atoms with Crippen LogP contribution in [0.25, 0.3) is 0 Å². The monoisotopic (exact) mass is 274 g/mol. The molecule has 0 heterocycles. The van der Waals surface area contributed by atoms with Gasteiger partial charge in [0.1, 0.15) is 6.04 Å². The Balaban J connectivity index is 4.40. The highest BCUT2D eigenvalue weighted by molar-refractivity contribution is 5.88. The Hall–Kier alpha value is -2.32. The lowest BCUT2D eigenvalue weighted by atomic mass is 9.93. The zero-order valence-corrected chi connectivity index (χ0v) is 10.7. The molecule has 4 amide bonds. The average Bonchev–Trinajstić information content (AvgIpc) is 2.24. The molecule has 0 aliphatic rings. The van der Waals surface area contributed by atoms with Crippen LogP contribution in [0.1, 0.15) is 20.3 Å². The van der Waals surface area contributed by atoms with Gasteiger partial charge in [0.25, 0.3) is 0 Å². The standard InChI is InChI=1S/C10H18N4O5/c1-10(2,8(12)18)4-13-9(19)14-5(7(16)17)3-6(11)15/h5H,3-4H2,1-2H3,(H2,11,15)(H2,12,18)(H,16,17)(H2,13,14,19)/t5-/m0/s1. The van der Waals surface area contributed by atoms with Crippen LogP contribution in [-0.2, 0) is 14.4 Å². The van der Waals surface area contributed by atoms with Crippen molar-refractivity contribution >= 4 is 23.8 Å². The maximum absolute atomic E-state index is 11.4. The maximum Gasteiger partial charge on any atom is 0.326 e. The number of nitrogens with two attached hydrogens (primary N) is 2. The molecule has 19 heavy (non-hydrogen) atoms. The van der Waals surface area contributed by atoms with Gasteiger partial charge in [-0.3, -0.25) is 9.59 Å². The van der Waals surface area contributed by atoms with Crippen molar-refractivity contribution in [2.45, 2.75) is 26.3 Å². The number of carbonyl (C=O) groups is 4. The molecule has 0 aromatic carbocycles. The van der Waals surface area contributed by atoms with E-state index in [1.54, 1.807) is 0 Å². The molecule has 0 saturated heterocycles. The first kappa shape index (κ1) is 16.7. The summed E-state index contributed by atoms with van der Waals surface area (Å²) in [6, 6.07) is -2.25. The quantitative estimate of drug-likeness (QED) is 0.366. The van der Waals surface area contributed by atoms with Crippen LogP contribution >= 0.6 is 0 Å². The predicted molar refractivity (Wildman–Crippen MR) is 64.7 cm³/mol. The van der Waals surface area contributed by atoms with Gasteiger partial charge in [0, 0.05) is 6.54 Å². The summed E-state index contributed by atoms with van der Waals surface area (Å²) in [4.78, 5) is 43.8. The van der Waals surface area contributed by atoms with Gasteiger partial charge >= 0.3 is 12.0 Å². The largest absolute Gasteiger partial charge is 0.480 e. The summed E-state index contributed by atoms with van der Waals surface area (Å²) in [5.74, 6) is -2.85. The molecule has 9 nitrogen and oxygen atoms in total. The van der Waals surface area contributed by atoms with E-state index in [9.17, 15) is 19.2 Å². The summed E-state index contributed by atoms with van der Waals surface area (Å²) in [7, 11) is 0. The number of primary amides is 2. The van der Waals surface area contributed by atoms with E-state index >= 15 is 0 Å². The van der Waals surface area contributed by atoms with E-state index in [-0.39, 0.29) is 6.54 Å². The van der Waals surface area contributed by atoms with E-state index in [2.05, 4.69) is 10.6 Å². The second-order valence-electron chi connectivity index (χ2n) is 4.64. The fourth-order valence-corrected chi connectivity index (χ4v) is 0.999. The fraction of sp³-hybridized carbons (Fsp3) is 0.600. The number of carbonyl (C=O) groups excluding carboxylic acids is 3. The Morgan fingerprint density at radius 2 is 1.74 bits per heavy atom. The molecule has 0 saturated carbocycles. The summed E-state index contributed by atoms with van der Waals surface area (Å²) in [6.07, 6.45) is -0.526. The second kappa shape index (κ2) is 6.57. The Bertz CT molecular complexity index is 393. The van der Waals surface area contributed by atoms with E-state index < -0.39 is 41.7 Å². The maximum atomic E-state index is 11.4. The summed E-state index contributed by atoms with van der Waals surface area (Å²) >= 11 is 0.